The molecule has 1 heterocycles. The highest BCUT2D eigenvalue weighted by atomic mass is 28.3. The molecule has 1 aliphatic rings. The van der Waals surface area contributed by atoms with E-state index in [4.69, 9.17) is 0 Å². The molecule has 0 N–H and O–H groups in total. The molecule has 1 nitrogen and oxygen atoms in total. The summed E-state index contributed by atoms with van der Waals surface area (Å²) in [6.45, 7) is 9.82. The zero-order valence-corrected chi connectivity index (χ0v) is 16.3. The summed E-state index contributed by atoms with van der Waals surface area (Å²) in [4.78, 5) is 4.59. The highest BCUT2D eigenvalue weighted by Crippen LogP contribution is 2.38. The Kier molecular flexibility index (Phi) is 10.8. The maximum atomic E-state index is 4.59. The van der Waals surface area contributed by atoms with Gasteiger partial charge in [-0.25, -0.2) is 0 Å². The maximum absolute atomic E-state index is 4.59. The van der Waals surface area contributed by atoms with E-state index in [1.165, 1.54) is 69.9 Å². The molecule has 1 fully saturated rings. The molecule has 0 amide bonds. The van der Waals surface area contributed by atoms with Gasteiger partial charge in [-0.2, -0.15) is 0 Å². The molecular weight excluding hydrogens is 282 g/mol. The third-order valence-corrected chi connectivity index (χ3v) is 10.9. The van der Waals surface area contributed by atoms with Crippen LogP contribution in [0.15, 0.2) is 17.6 Å². The highest BCUT2D eigenvalue weighted by molar-refractivity contribution is 6.80. The summed E-state index contributed by atoms with van der Waals surface area (Å²) in [6, 6.07) is 6.02. The van der Waals surface area contributed by atoms with Crippen molar-refractivity contribution in [3.8, 4) is 0 Å². The van der Waals surface area contributed by atoms with Crippen LogP contribution >= 0.6 is 0 Å². The topological polar surface area (TPSA) is 12.4 Å². The number of unbranched alkanes of at least 4 members (excludes halogenated alkanes) is 3. The monoisotopic (exact) mass is 321 g/mol. The van der Waals surface area contributed by atoms with Gasteiger partial charge in [0.2, 0.25) is 0 Å². The Bertz CT molecular complexity index is 305. The number of allylic oxidation sites excluding steroid dienone is 1. The molecule has 0 aromatic rings. The Morgan fingerprint density at radius 2 is 1.91 bits per heavy atom. The Labute approximate surface area is 140 Å². The molecule has 0 aromatic carbocycles. The Hall–Kier alpha value is -0.373. The zero-order valence-electron chi connectivity index (χ0n) is 15.3. The molecule has 0 radical (unpaired) electrons. The van der Waals surface area contributed by atoms with Gasteiger partial charge in [0.15, 0.2) is 0 Å². The van der Waals surface area contributed by atoms with Crippen LogP contribution in [-0.2, 0) is 0 Å². The van der Waals surface area contributed by atoms with E-state index in [-0.39, 0.29) is 0 Å². The van der Waals surface area contributed by atoms with Gasteiger partial charge >= 0.3 is 0 Å². The fourth-order valence-corrected chi connectivity index (χ4v) is 9.64. The quantitative estimate of drug-likeness (QED) is 0.161. The van der Waals surface area contributed by atoms with E-state index < -0.39 is 8.07 Å². The van der Waals surface area contributed by atoms with Gasteiger partial charge in [0, 0.05) is 6.54 Å². The van der Waals surface area contributed by atoms with Crippen LogP contribution in [0.3, 0.4) is 0 Å². The standard InChI is InChI=1S/C20H39NSi/c1-4-6-7-9-14-21-15-12-13-20(3)19-22(16-5-2)17-10-8-11-18-22/h5,15,20H,2,4,6-14,16-19H2,1,3H3. The van der Waals surface area contributed by atoms with Gasteiger partial charge in [0.05, 0.1) is 8.07 Å². The van der Waals surface area contributed by atoms with Crippen LogP contribution in [0.1, 0.15) is 71.6 Å². The number of hydrogen-bond acceptors (Lipinski definition) is 1. The predicted molar refractivity (Wildman–Crippen MR) is 105 cm³/mol. The van der Waals surface area contributed by atoms with Crippen molar-refractivity contribution in [2.24, 2.45) is 10.9 Å². The first-order valence-corrected chi connectivity index (χ1v) is 12.6. The molecule has 0 aliphatic carbocycles. The van der Waals surface area contributed by atoms with Crippen LogP contribution in [0.2, 0.25) is 24.2 Å². The van der Waals surface area contributed by atoms with Crippen molar-refractivity contribution in [1.82, 2.24) is 0 Å². The van der Waals surface area contributed by atoms with Crippen molar-refractivity contribution < 1.29 is 0 Å². The molecule has 22 heavy (non-hydrogen) atoms. The van der Waals surface area contributed by atoms with Crippen LogP contribution in [-0.4, -0.2) is 20.8 Å². The lowest BCUT2D eigenvalue weighted by atomic mass is 10.1. The third kappa shape index (κ3) is 8.31. The molecular formula is C20H39NSi. The predicted octanol–water partition coefficient (Wildman–Crippen LogP) is 6.87. The molecule has 0 bridgehead atoms. The van der Waals surface area contributed by atoms with E-state index in [0.29, 0.717) is 0 Å². The van der Waals surface area contributed by atoms with E-state index in [0.717, 1.165) is 12.5 Å². The minimum atomic E-state index is -0.999. The summed E-state index contributed by atoms with van der Waals surface area (Å²) in [5.41, 5.74) is 0. The van der Waals surface area contributed by atoms with Crippen LogP contribution in [0, 0.1) is 5.92 Å². The highest BCUT2D eigenvalue weighted by Gasteiger charge is 2.34. The second-order valence-electron chi connectivity index (χ2n) is 7.59. The fraction of sp³-hybridized carbons (Fsp3) is 0.850. The first-order valence-electron chi connectivity index (χ1n) is 9.81. The SMILES string of the molecule is C=CC[Si]1(CC(C)CCC=NCCCCCC)CCCCC1. The van der Waals surface area contributed by atoms with Gasteiger partial charge in [0.25, 0.3) is 0 Å². The van der Waals surface area contributed by atoms with E-state index >= 15 is 0 Å². The second kappa shape index (κ2) is 12.1. The van der Waals surface area contributed by atoms with Gasteiger partial charge in [-0.05, 0) is 37.4 Å². The molecule has 1 unspecified atom stereocenters. The van der Waals surface area contributed by atoms with Crippen LogP contribution in [0.25, 0.3) is 0 Å². The molecule has 128 valence electrons. The van der Waals surface area contributed by atoms with Crippen molar-refractivity contribution in [2.75, 3.05) is 6.54 Å². The van der Waals surface area contributed by atoms with Gasteiger partial charge < -0.3 is 0 Å². The van der Waals surface area contributed by atoms with Crippen molar-refractivity contribution in [1.29, 1.82) is 0 Å². The Morgan fingerprint density at radius 3 is 2.59 bits per heavy atom. The van der Waals surface area contributed by atoms with Crippen molar-refractivity contribution in [3.05, 3.63) is 12.7 Å². The van der Waals surface area contributed by atoms with E-state index in [1.807, 2.05) is 0 Å². The molecule has 0 aromatic heterocycles. The largest absolute Gasteiger partial charge is 0.298 e. The maximum Gasteiger partial charge on any atom is 0.0575 e. The fourth-order valence-electron chi connectivity index (χ4n) is 4.11. The van der Waals surface area contributed by atoms with Crippen molar-refractivity contribution in [3.63, 3.8) is 0 Å². The van der Waals surface area contributed by atoms with Crippen molar-refractivity contribution >= 4 is 14.3 Å². The summed E-state index contributed by atoms with van der Waals surface area (Å²) in [5.74, 6) is 0.885. The van der Waals surface area contributed by atoms with E-state index in [1.54, 1.807) is 12.1 Å². The summed E-state index contributed by atoms with van der Waals surface area (Å²) in [6.07, 6.45) is 16.7. The summed E-state index contributed by atoms with van der Waals surface area (Å²) < 4.78 is 0. The minimum absolute atomic E-state index is 0.885. The van der Waals surface area contributed by atoms with Gasteiger partial charge in [-0.1, -0.05) is 76.6 Å². The smallest absolute Gasteiger partial charge is 0.0575 e. The second-order valence-corrected chi connectivity index (χ2v) is 12.4. The lowest BCUT2D eigenvalue weighted by Gasteiger charge is -2.36. The zero-order chi connectivity index (χ0) is 16.1. The van der Waals surface area contributed by atoms with Gasteiger partial charge in [0.1, 0.15) is 0 Å². The first-order chi connectivity index (χ1) is 10.7. The summed E-state index contributed by atoms with van der Waals surface area (Å²) in [5, 5.41) is 0. The first kappa shape index (κ1) is 19.7. The third-order valence-electron chi connectivity index (χ3n) is 5.33. The Morgan fingerprint density at radius 1 is 1.14 bits per heavy atom. The molecule has 0 saturated carbocycles. The number of nitrogens with zero attached hydrogens (tertiary/aromatic N) is 1. The lowest BCUT2D eigenvalue weighted by molar-refractivity contribution is 0.580. The Balaban J connectivity index is 2.19. The van der Waals surface area contributed by atoms with Gasteiger partial charge in [-0.3, -0.25) is 4.99 Å². The number of hydrogen-bond donors (Lipinski definition) is 0. The molecule has 2 heteroatoms. The normalized spacial score (nSPS) is 19.4. The van der Waals surface area contributed by atoms with Crippen LogP contribution < -0.4 is 0 Å². The number of aliphatic imine (C=N–C) groups is 1. The summed E-state index contributed by atoms with van der Waals surface area (Å²) in [7, 11) is -0.999. The molecule has 0 spiro atoms. The van der Waals surface area contributed by atoms with E-state index in [2.05, 4.69) is 37.7 Å². The average molecular weight is 322 g/mol. The van der Waals surface area contributed by atoms with E-state index in [9.17, 15) is 0 Å². The number of rotatable bonds is 12. The summed E-state index contributed by atoms with van der Waals surface area (Å²) >= 11 is 0. The van der Waals surface area contributed by atoms with Gasteiger partial charge in [-0.15, -0.1) is 6.58 Å². The van der Waals surface area contributed by atoms with Crippen LogP contribution in [0.4, 0.5) is 0 Å². The molecule has 1 aliphatic heterocycles. The lowest BCUT2D eigenvalue weighted by Crippen LogP contribution is -2.37. The molecule has 1 saturated heterocycles. The van der Waals surface area contributed by atoms with Crippen molar-refractivity contribution in [2.45, 2.75) is 95.8 Å². The average Bonchev–Trinajstić information content (AvgIpc) is 2.51. The molecule has 1 rings (SSSR count). The minimum Gasteiger partial charge on any atom is -0.298 e. The van der Waals surface area contributed by atoms with Crippen LogP contribution in [0.5, 0.6) is 0 Å². The molecule has 1 atom stereocenters.